The molecule has 14 heavy (non-hydrogen) atoms. The molecule has 0 amide bonds. The van der Waals surface area contributed by atoms with Crippen LogP contribution in [0.5, 0.6) is 0 Å². The maximum absolute atomic E-state index is 5.83. The first-order valence-electron chi connectivity index (χ1n) is 4.04. The summed E-state index contributed by atoms with van der Waals surface area (Å²) < 4.78 is 6.29. The Morgan fingerprint density at radius 1 is 1.43 bits per heavy atom. The van der Waals surface area contributed by atoms with Gasteiger partial charge in [-0.1, -0.05) is 11.6 Å². The lowest BCUT2D eigenvalue weighted by atomic mass is 10.2. The van der Waals surface area contributed by atoms with Crippen LogP contribution < -0.4 is 0 Å². The van der Waals surface area contributed by atoms with Crippen molar-refractivity contribution in [2.24, 2.45) is 0 Å². The van der Waals surface area contributed by atoms with Crippen molar-refractivity contribution in [1.29, 1.82) is 0 Å². The van der Waals surface area contributed by atoms with Crippen LogP contribution in [0.2, 0.25) is 5.02 Å². The number of aromatic nitrogens is 1. The van der Waals surface area contributed by atoms with Gasteiger partial charge in [-0.3, -0.25) is 0 Å². The Kier molecular flexibility index (Phi) is 2.61. The van der Waals surface area contributed by atoms with Gasteiger partial charge in [0.2, 0.25) is 5.89 Å². The SMILES string of the molecule is Cc1cnc(-c2ccc(Cl)cc2Br)o1. The maximum atomic E-state index is 5.83. The molecule has 2 nitrogen and oxygen atoms in total. The molecule has 1 aromatic carbocycles. The molecule has 0 fully saturated rings. The molecule has 72 valence electrons. The van der Waals surface area contributed by atoms with Crippen molar-refractivity contribution in [1.82, 2.24) is 4.98 Å². The zero-order chi connectivity index (χ0) is 10.1. The Morgan fingerprint density at radius 3 is 2.79 bits per heavy atom. The largest absolute Gasteiger partial charge is 0.441 e. The first-order chi connectivity index (χ1) is 6.66. The quantitative estimate of drug-likeness (QED) is 0.782. The van der Waals surface area contributed by atoms with Crippen molar-refractivity contribution >= 4 is 27.5 Å². The minimum absolute atomic E-state index is 0.603. The molecule has 1 aromatic heterocycles. The predicted octanol–water partition coefficient (Wildman–Crippen LogP) is 4.07. The normalized spacial score (nSPS) is 10.5. The van der Waals surface area contributed by atoms with Crippen molar-refractivity contribution in [3.8, 4) is 11.5 Å². The molecule has 0 spiro atoms. The van der Waals surface area contributed by atoms with E-state index in [4.69, 9.17) is 16.0 Å². The average Bonchev–Trinajstić information content (AvgIpc) is 2.51. The molecule has 0 aliphatic heterocycles. The Morgan fingerprint density at radius 2 is 2.21 bits per heavy atom. The molecule has 0 bridgehead atoms. The Hall–Kier alpha value is -0.800. The number of oxazole rings is 1. The van der Waals surface area contributed by atoms with Crippen molar-refractivity contribution < 1.29 is 4.42 Å². The summed E-state index contributed by atoms with van der Waals surface area (Å²) in [6.07, 6.45) is 1.69. The monoisotopic (exact) mass is 271 g/mol. The molecule has 0 aliphatic carbocycles. The molecular formula is C10H7BrClNO. The highest BCUT2D eigenvalue weighted by Crippen LogP contribution is 2.29. The van der Waals surface area contributed by atoms with E-state index in [1.165, 1.54) is 0 Å². The second-order valence-electron chi connectivity index (χ2n) is 2.90. The molecule has 0 saturated carbocycles. The summed E-state index contributed by atoms with van der Waals surface area (Å²) in [5.74, 6) is 1.40. The van der Waals surface area contributed by atoms with Crippen molar-refractivity contribution in [2.45, 2.75) is 6.92 Å². The summed E-state index contributed by atoms with van der Waals surface area (Å²) in [7, 11) is 0. The summed E-state index contributed by atoms with van der Waals surface area (Å²) >= 11 is 9.24. The van der Waals surface area contributed by atoms with Crippen LogP contribution in [-0.4, -0.2) is 4.98 Å². The molecule has 0 atom stereocenters. The van der Waals surface area contributed by atoms with Gasteiger partial charge in [0.15, 0.2) is 0 Å². The fraction of sp³-hybridized carbons (Fsp3) is 0.100. The van der Waals surface area contributed by atoms with Gasteiger partial charge in [-0.25, -0.2) is 4.98 Å². The highest BCUT2D eigenvalue weighted by Gasteiger charge is 2.08. The number of aryl methyl sites for hydroxylation is 1. The van der Waals surface area contributed by atoms with Crippen LogP contribution in [0, 0.1) is 6.92 Å². The van der Waals surface area contributed by atoms with Gasteiger partial charge in [0.25, 0.3) is 0 Å². The third-order valence-corrected chi connectivity index (χ3v) is 2.67. The van der Waals surface area contributed by atoms with E-state index in [2.05, 4.69) is 20.9 Å². The second kappa shape index (κ2) is 3.75. The number of hydrogen-bond donors (Lipinski definition) is 0. The molecule has 2 rings (SSSR count). The third kappa shape index (κ3) is 1.83. The van der Waals surface area contributed by atoms with Crippen LogP contribution in [0.15, 0.2) is 33.3 Å². The molecular weight excluding hydrogens is 265 g/mol. The Balaban J connectivity index is 2.52. The molecule has 2 aromatic rings. The van der Waals surface area contributed by atoms with Crippen molar-refractivity contribution in [3.63, 3.8) is 0 Å². The Labute approximate surface area is 95.0 Å². The molecule has 0 aliphatic rings. The van der Waals surface area contributed by atoms with Gasteiger partial charge in [-0.15, -0.1) is 0 Å². The highest BCUT2D eigenvalue weighted by molar-refractivity contribution is 9.10. The van der Waals surface area contributed by atoms with E-state index in [0.717, 1.165) is 15.8 Å². The van der Waals surface area contributed by atoms with E-state index in [9.17, 15) is 0 Å². The van der Waals surface area contributed by atoms with E-state index in [1.807, 2.05) is 19.1 Å². The zero-order valence-corrected chi connectivity index (χ0v) is 9.76. The molecule has 0 saturated heterocycles. The molecule has 0 radical (unpaired) electrons. The number of halogens is 2. The zero-order valence-electron chi connectivity index (χ0n) is 7.42. The van der Waals surface area contributed by atoms with Crippen LogP contribution in [-0.2, 0) is 0 Å². The summed E-state index contributed by atoms with van der Waals surface area (Å²) in [5.41, 5.74) is 0.905. The predicted molar refractivity (Wildman–Crippen MR) is 59.4 cm³/mol. The fourth-order valence-electron chi connectivity index (χ4n) is 1.14. The topological polar surface area (TPSA) is 26.0 Å². The van der Waals surface area contributed by atoms with Crippen LogP contribution in [0.4, 0.5) is 0 Å². The first-order valence-corrected chi connectivity index (χ1v) is 5.22. The minimum atomic E-state index is 0.603. The van der Waals surface area contributed by atoms with Gasteiger partial charge in [0.05, 0.1) is 11.8 Å². The van der Waals surface area contributed by atoms with E-state index in [1.54, 1.807) is 12.3 Å². The maximum Gasteiger partial charge on any atom is 0.227 e. The molecule has 4 heteroatoms. The fourth-order valence-corrected chi connectivity index (χ4v) is 1.99. The van der Waals surface area contributed by atoms with Gasteiger partial charge in [0, 0.05) is 9.50 Å². The highest BCUT2D eigenvalue weighted by atomic mass is 79.9. The summed E-state index contributed by atoms with van der Waals surface area (Å²) in [6.45, 7) is 1.86. The number of rotatable bonds is 1. The molecule has 1 heterocycles. The lowest BCUT2D eigenvalue weighted by Gasteiger charge is -1.99. The summed E-state index contributed by atoms with van der Waals surface area (Å²) in [4.78, 5) is 4.14. The van der Waals surface area contributed by atoms with Gasteiger partial charge in [0.1, 0.15) is 5.76 Å². The van der Waals surface area contributed by atoms with Crippen molar-refractivity contribution in [3.05, 3.63) is 39.7 Å². The van der Waals surface area contributed by atoms with Gasteiger partial charge in [-0.2, -0.15) is 0 Å². The standard InChI is InChI=1S/C10H7BrClNO/c1-6-5-13-10(14-6)8-3-2-7(12)4-9(8)11/h2-5H,1H3. The Bertz CT molecular complexity index is 467. The van der Waals surface area contributed by atoms with Crippen LogP contribution in [0.25, 0.3) is 11.5 Å². The average molecular weight is 273 g/mol. The summed E-state index contributed by atoms with van der Waals surface area (Å²) in [5, 5.41) is 0.684. The van der Waals surface area contributed by atoms with E-state index >= 15 is 0 Å². The molecule has 0 N–H and O–H groups in total. The van der Waals surface area contributed by atoms with E-state index in [0.29, 0.717) is 10.9 Å². The third-order valence-electron chi connectivity index (χ3n) is 1.78. The minimum Gasteiger partial charge on any atom is -0.441 e. The number of nitrogens with zero attached hydrogens (tertiary/aromatic N) is 1. The van der Waals surface area contributed by atoms with E-state index < -0.39 is 0 Å². The first kappa shape index (κ1) is 9.74. The lowest BCUT2D eigenvalue weighted by Crippen LogP contribution is -1.78. The van der Waals surface area contributed by atoms with Crippen LogP contribution >= 0.6 is 27.5 Å². The van der Waals surface area contributed by atoms with Crippen molar-refractivity contribution in [2.75, 3.05) is 0 Å². The van der Waals surface area contributed by atoms with Crippen LogP contribution in [0.3, 0.4) is 0 Å². The number of hydrogen-bond acceptors (Lipinski definition) is 2. The molecule has 0 unspecified atom stereocenters. The lowest BCUT2D eigenvalue weighted by molar-refractivity contribution is 0.542. The number of benzene rings is 1. The second-order valence-corrected chi connectivity index (χ2v) is 4.19. The van der Waals surface area contributed by atoms with Gasteiger partial charge >= 0.3 is 0 Å². The van der Waals surface area contributed by atoms with E-state index in [-0.39, 0.29) is 0 Å². The van der Waals surface area contributed by atoms with Gasteiger partial charge in [-0.05, 0) is 41.1 Å². The van der Waals surface area contributed by atoms with Crippen LogP contribution in [0.1, 0.15) is 5.76 Å². The summed E-state index contributed by atoms with van der Waals surface area (Å²) in [6, 6.07) is 5.50. The van der Waals surface area contributed by atoms with Gasteiger partial charge < -0.3 is 4.42 Å². The smallest absolute Gasteiger partial charge is 0.227 e.